The van der Waals surface area contributed by atoms with E-state index in [0.29, 0.717) is 0 Å². The zero-order valence-corrected chi connectivity index (χ0v) is 4.71. The van der Waals surface area contributed by atoms with Crippen molar-refractivity contribution in [3.05, 3.63) is 11.6 Å². The molecule has 9 heavy (non-hydrogen) atoms. The molecule has 0 atom stereocenters. The molecule has 0 saturated carbocycles. The minimum atomic E-state index is -1.37. The van der Waals surface area contributed by atoms with Crippen molar-refractivity contribution in [2.24, 2.45) is 0 Å². The fraction of sp³-hybridized carbons (Fsp3) is 0.200. The van der Waals surface area contributed by atoms with Crippen LogP contribution in [-0.2, 0) is 9.59 Å². The summed E-state index contributed by atoms with van der Waals surface area (Å²) in [5.74, 6) is -2.63. The molecule has 0 heterocycles. The minimum Gasteiger partial charge on any atom is -0.478 e. The van der Waals surface area contributed by atoms with E-state index in [1.165, 1.54) is 0 Å². The van der Waals surface area contributed by atoms with Crippen molar-refractivity contribution < 1.29 is 19.8 Å². The molecule has 0 aromatic heterocycles. The molecule has 1 radical (unpaired) electrons. The highest BCUT2D eigenvalue weighted by molar-refractivity contribution is 5.91. The Hall–Kier alpha value is -1.32. The van der Waals surface area contributed by atoms with Crippen LogP contribution in [0.1, 0.15) is 6.92 Å². The van der Waals surface area contributed by atoms with Crippen molar-refractivity contribution in [2.75, 3.05) is 0 Å². The third-order valence-corrected chi connectivity index (χ3v) is 0.615. The molecule has 0 spiro atoms. The predicted molar refractivity (Wildman–Crippen MR) is 27.7 cm³/mol. The Labute approximate surface area is 51.4 Å². The average Bonchev–Trinajstić information content (AvgIpc) is 1.63. The van der Waals surface area contributed by atoms with Gasteiger partial charge in [-0.3, -0.25) is 0 Å². The molecule has 4 heteroatoms. The Kier molecular flexibility index (Phi) is 2.44. The molecule has 0 amide bonds. The van der Waals surface area contributed by atoms with Crippen LogP contribution in [0.5, 0.6) is 0 Å². The molecule has 0 fully saturated rings. The van der Waals surface area contributed by atoms with Crippen molar-refractivity contribution in [1.29, 1.82) is 0 Å². The molecule has 0 rings (SSSR count). The Morgan fingerprint density at radius 3 is 1.89 bits per heavy atom. The van der Waals surface area contributed by atoms with E-state index in [-0.39, 0.29) is 5.57 Å². The second-order valence-corrected chi connectivity index (χ2v) is 1.36. The molecule has 0 aliphatic carbocycles. The van der Waals surface area contributed by atoms with Crippen LogP contribution < -0.4 is 0 Å². The zero-order chi connectivity index (χ0) is 7.44. The van der Waals surface area contributed by atoms with Crippen molar-refractivity contribution in [3.63, 3.8) is 0 Å². The quantitative estimate of drug-likeness (QED) is 0.511. The summed E-state index contributed by atoms with van der Waals surface area (Å²) in [4.78, 5) is 19.6. The van der Waals surface area contributed by atoms with E-state index >= 15 is 0 Å². The number of carboxylic acid groups (broad SMARTS) is 2. The Balaban J connectivity index is 4.17. The average molecular weight is 129 g/mol. The van der Waals surface area contributed by atoms with Gasteiger partial charge in [-0.2, -0.15) is 0 Å². The van der Waals surface area contributed by atoms with Crippen LogP contribution in [0.3, 0.4) is 0 Å². The van der Waals surface area contributed by atoms with Crippen LogP contribution in [0.25, 0.3) is 0 Å². The number of hydrogen-bond acceptors (Lipinski definition) is 2. The molecule has 0 saturated heterocycles. The van der Waals surface area contributed by atoms with Gasteiger partial charge >= 0.3 is 11.9 Å². The summed E-state index contributed by atoms with van der Waals surface area (Å²) < 4.78 is 0. The third-order valence-electron chi connectivity index (χ3n) is 0.615. The Bertz CT molecular complexity index is 168. The van der Waals surface area contributed by atoms with Crippen LogP contribution in [0.4, 0.5) is 0 Å². The third kappa shape index (κ3) is 3.28. The van der Waals surface area contributed by atoms with Gasteiger partial charge in [-0.1, -0.05) is 0 Å². The molecule has 0 unspecified atom stereocenters. The molecule has 0 aliphatic rings. The summed E-state index contributed by atoms with van der Waals surface area (Å²) in [5.41, 5.74) is -0.303. The van der Waals surface area contributed by atoms with E-state index in [1.807, 2.05) is 0 Å². The summed E-state index contributed by atoms with van der Waals surface area (Å²) in [6.07, 6.45) is 1.68. The summed E-state index contributed by atoms with van der Waals surface area (Å²) in [7, 11) is 0. The van der Waals surface area contributed by atoms with Gasteiger partial charge in [-0.15, -0.1) is 0 Å². The van der Waals surface area contributed by atoms with Crippen molar-refractivity contribution in [3.8, 4) is 0 Å². The second-order valence-electron chi connectivity index (χ2n) is 1.36. The highest BCUT2D eigenvalue weighted by Crippen LogP contribution is 1.88. The molecule has 2 N–H and O–H groups in total. The smallest absolute Gasteiger partial charge is 0.337 e. The monoisotopic (exact) mass is 129 g/mol. The van der Waals surface area contributed by atoms with Gasteiger partial charge < -0.3 is 10.2 Å². The fourth-order valence-corrected chi connectivity index (χ4v) is 0.214. The van der Waals surface area contributed by atoms with Crippen LogP contribution in [0.15, 0.2) is 5.57 Å². The number of aliphatic carboxylic acids is 2. The summed E-state index contributed by atoms with van der Waals surface area (Å²) in [5, 5.41) is 16.0. The zero-order valence-electron chi connectivity index (χ0n) is 4.71. The maximum absolute atomic E-state index is 9.87. The van der Waals surface area contributed by atoms with Crippen molar-refractivity contribution >= 4 is 11.9 Å². The lowest BCUT2D eigenvalue weighted by Gasteiger charge is -1.85. The van der Waals surface area contributed by atoms with Crippen LogP contribution in [0, 0.1) is 6.08 Å². The Morgan fingerprint density at radius 2 is 1.78 bits per heavy atom. The van der Waals surface area contributed by atoms with Crippen LogP contribution in [-0.4, -0.2) is 22.2 Å². The largest absolute Gasteiger partial charge is 0.478 e. The molecule has 0 bridgehead atoms. The van der Waals surface area contributed by atoms with E-state index in [1.54, 1.807) is 6.08 Å². The number of hydrogen-bond donors (Lipinski definition) is 2. The minimum absolute atomic E-state index is 0.303. The normalized spacial score (nSPS) is 11.0. The first-order chi connectivity index (χ1) is 4.04. The van der Waals surface area contributed by atoms with E-state index < -0.39 is 11.9 Å². The number of carboxylic acids is 2. The first-order valence-corrected chi connectivity index (χ1v) is 2.11. The van der Waals surface area contributed by atoms with Gasteiger partial charge in [0.05, 0.1) is 6.08 Å². The van der Waals surface area contributed by atoms with E-state index in [4.69, 9.17) is 10.2 Å². The summed E-state index contributed by atoms with van der Waals surface area (Å²) in [6.45, 7) is 1.16. The highest BCUT2D eigenvalue weighted by atomic mass is 16.4. The lowest BCUT2D eigenvalue weighted by Crippen LogP contribution is -2.00. The topological polar surface area (TPSA) is 74.6 Å². The molecule has 0 aromatic carbocycles. The molecule has 0 aliphatic heterocycles. The number of rotatable bonds is 2. The van der Waals surface area contributed by atoms with Crippen LogP contribution >= 0.6 is 0 Å². The molecule has 49 valence electrons. The first-order valence-electron chi connectivity index (χ1n) is 2.11. The lowest BCUT2D eigenvalue weighted by molar-refractivity contribution is -0.135. The summed E-state index contributed by atoms with van der Waals surface area (Å²) in [6, 6.07) is 0. The van der Waals surface area contributed by atoms with Gasteiger partial charge in [0.2, 0.25) is 0 Å². The Morgan fingerprint density at radius 1 is 1.33 bits per heavy atom. The fourth-order valence-electron chi connectivity index (χ4n) is 0.214. The summed E-state index contributed by atoms with van der Waals surface area (Å²) >= 11 is 0. The van der Waals surface area contributed by atoms with Gasteiger partial charge in [-0.05, 0) is 6.92 Å². The van der Waals surface area contributed by atoms with Gasteiger partial charge in [0, 0.05) is 5.57 Å². The van der Waals surface area contributed by atoms with Gasteiger partial charge in [0.15, 0.2) is 0 Å². The highest BCUT2D eigenvalue weighted by Gasteiger charge is 2.01. The molecule has 0 aromatic rings. The van der Waals surface area contributed by atoms with Gasteiger partial charge in [-0.25, -0.2) is 9.59 Å². The number of carbonyl (C=O) groups is 2. The maximum atomic E-state index is 9.87. The van der Waals surface area contributed by atoms with E-state index in [2.05, 4.69) is 0 Å². The predicted octanol–water partition coefficient (Wildman–Crippen LogP) is -0.0949. The SMILES string of the molecule is C/C(=[C]/C(=O)O)C(=O)O. The molecular formula is C5H5O4. The van der Waals surface area contributed by atoms with Crippen LogP contribution in [0.2, 0.25) is 0 Å². The van der Waals surface area contributed by atoms with Gasteiger partial charge in [0.1, 0.15) is 0 Å². The van der Waals surface area contributed by atoms with Crippen molar-refractivity contribution in [2.45, 2.75) is 6.92 Å². The van der Waals surface area contributed by atoms with E-state index in [9.17, 15) is 9.59 Å². The lowest BCUT2D eigenvalue weighted by atomic mass is 10.3. The van der Waals surface area contributed by atoms with E-state index in [0.717, 1.165) is 6.92 Å². The van der Waals surface area contributed by atoms with Gasteiger partial charge in [0.25, 0.3) is 0 Å². The first kappa shape index (κ1) is 7.68. The maximum Gasteiger partial charge on any atom is 0.337 e. The second kappa shape index (κ2) is 2.86. The molecule has 4 nitrogen and oxygen atoms in total. The van der Waals surface area contributed by atoms with Crippen molar-refractivity contribution in [1.82, 2.24) is 0 Å². The standard InChI is InChI=1S/C5H5O4/c1-3(5(8)9)2-4(6)7/h1H3,(H,6,7)(H,8,9). The molecular weight excluding hydrogens is 124 g/mol.